The van der Waals surface area contributed by atoms with Crippen LogP contribution >= 0.6 is 0 Å². The number of alkyl carbamates (subject to hydrolysis) is 1. The molecular formula is C27H30N2O6. The first kappa shape index (κ1) is 23.4. The summed E-state index contributed by atoms with van der Waals surface area (Å²) in [4.78, 5) is 38.8. The Labute approximate surface area is 204 Å². The zero-order valence-electron chi connectivity index (χ0n) is 19.9. The molecule has 1 saturated carbocycles. The minimum absolute atomic E-state index is 0.0482. The lowest BCUT2D eigenvalue weighted by atomic mass is 9.77. The topological polar surface area (TPSA) is 105 Å². The lowest BCUT2D eigenvalue weighted by Crippen LogP contribution is -2.57. The minimum atomic E-state index is -0.950. The van der Waals surface area contributed by atoms with Gasteiger partial charge in [0.05, 0.1) is 30.6 Å². The third kappa shape index (κ3) is 4.05. The number of hydrogen-bond donors (Lipinski definition) is 2. The molecule has 35 heavy (non-hydrogen) atoms. The van der Waals surface area contributed by atoms with E-state index in [2.05, 4.69) is 29.6 Å². The van der Waals surface area contributed by atoms with Gasteiger partial charge in [0.1, 0.15) is 6.61 Å². The van der Waals surface area contributed by atoms with Gasteiger partial charge in [-0.3, -0.25) is 9.59 Å². The summed E-state index contributed by atoms with van der Waals surface area (Å²) in [6.07, 6.45) is 0.302. The molecule has 2 amide bonds. The number of carboxylic acid groups (broad SMARTS) is 1. The zero-order chi connectivity index (χ0) is 24.7. The Bertz CT molecular complexity index is 1110. The van der Waals surface area contributed by atoms with E-state index >= 15 is 0 Å². The van der Waals surface area contributed by atoms with Crippen LogP contribution in [0.3, 0.4) is 0 Å². The molecule has 2 N–H and O–H groups in total. The predicted octanol–water partition coefficient (Wildman–Crippen LogP) is 3.25. The normalized spacial score (nSPS) is 26.9. The molecule has 8 nitrogen and oxygen atoms in total. The molecule has 2 aromatic rings. The number of carbonyl (C=O) groups is 3. The van der Waals surface area contributed by atoms with Gasteiger partial charge in [-0.05, 0) is 42.0 Å². The van der Waals surface area contributed by atoms with Gasteiger partial charge >= 0.3 is 12.1 Å². The van der Waals surface area contributed by atoms with Crippen molar-refractivity contribution in [3.63, 3.8) is 0 Å². The number of carboxylic acids is 1. The summed E-state index contributed by atoms with van der Waals surface area (Å²) in [7, 11) is 1.69. The molecule has 8 heteroatoms. The van der Waals surface area contributed by atoms with E-state index in [1.54, 1.807) is 18.9 Å². The number of carbonyl (C=O) groups excluding carboxylic acids is 2. The second-order valence-electron chi connectivity index (χ2n) is 10.0. The highest BCUT2D eigenvalue weighted by Gasteiger charge is 2.51. The number of amides is 2. The number of nitrogens with one attached hydrogen (secondary N) is 1. The standard InChI is InChI=1S/C27H30N2O6/c1-27(25(32)29(2)17-11-16(12-17)24(30)31)15-34-14-23(27)28-26(33)35-13-22-20-9-5-3-7-18(20)19-8-4-6-10-21(19)22/h3-10,16-17,22-23H,11-15H2,1-2H3,(H,28,33)(H,30,31). The van der Waals surface area contributed by atoms with Crippen LogP contribution in [0.5, 0.6) is 0 Å². The van der Waals surface area contributed by atoms with Gasteiger partial charge in [-0.1, -0.05) is 48.5 Å². The molecule has 2 atom stereocenters. The van der Waals surface area contributed by atoms with Crippen molar-refractivity contribution in [3.05, 3.63) is 59.7 Å². The maximum atomic E-state index is 13.3. The van der Waals surface area contributed by atoms with Gasteiger partial charge in [0.2, 0.25) is 5.91 Å². The van der Waals surface area contributed by atoms with E-state index in [-0.39, 0.29) is 37.7 Å². The third-order valence-electron chi connectivity index (χ3n) is 7.91. The van der Waals surface area contributed by atoms with Gasteiger partial charge in [-0.15, -0.1) is 0 Å². The molecule has 0 radical (unpaired) electrons. The summed E-state index contributed by atoms with van der Waals surface area (Å²) < 4.78 is 11.3. The molecule has 184 valence electrons. The Balaban J connectivity index is 1.22. The Morgan fingerprint density at radius 3 is 2.29 bits per heavy atom. The average Bonchev–Trinajstić information content (AvgIpc) is 3.34. The van der Waals surface area contributed by atoms with Crippen LogP contribution in [0.2, 0.25) is 0 Å². The predicted molar refractivity (Wildman–Crippen MR) is 128 cm³/mol. The maximum absolute atomic E-state index is 13.3. The smallest absolute Gasteiger partial charge is 0.407 e. The van der Waals surface area contributed by atoms with Crippen molar-refractivity contribution >= 4 is 18.0 Å². The maximum Gasteiger partial charge on any atom is 0.407 e. The van der Waals surface area contributed by atoms with Crippen LogP contribution < -0.4 is 5.32 Å². The zero-order valence-corrected chi connectivity index (χ0v) is 19.9. The van der Waals surface area contributed by atoms with Gasteiger partial charge in [0, 0.05) is 19.0 Å². The molecule has 2 aromatic carbocycles. The second kappa shape index (κ2) is 9.00. The van der Waals surface area contributed by atoms with E-state index in [1.165, 1.54) is 0 Å². The van der Waals surface area contributed by atoms with Crippen molar-refractivity contribution in [2.24, 2.45) is 11.3 Å². The quantitative estimate of drug-likeness (QED) is 0.660. The van der Waals surface area contributed by atoms with Gasteiger partial charge < -0.3 is 24.8 Å². The van der Waals surface area contributed by atoms with Crippen LogP contribution in [0.25, 0.3) is 11.1 Å². The monoisotopic (exact) mass is 478 g/mol. The van der Waals surface area contributed by atoms with E-state index in [9.17, 15) is 14.4 Å². The van der Waals surface area contributed by atoms with E-state index in [1.807, 2.05) is 24.3 Å². The molecule has 1 aliphatic heterocycles. The molecule has 5 rings (SSSR count). The molecule has 1 heterocycles. The van der Waals surface area contributed by atoms with E-state index in [0.29, 0.717) is 12.8 Å². The van der Waals surface area contributed by atoms with Gasteiger partial charge in [0.25, 0.3) is 0 Å². The van der Waals surface area contributed by atoms with Crippen molar-refractivity contribution in [2.45, 2.75) is 37.8 Å². The summed E-state index contributed by atoms with van der Waals surface area (Å²) in [5.74, 6) is -1.44. The molecule has 2 aliphatic carbocycles. The SMILES string of the molecule is CN(C(=O)C1(C)COCC1NC(=O)OCC1c2ccccc2-c2ccccc21)C1CC(C(=O)O)C1. The van der Waals surface area contributed by atoms with Crippen molar-refractivity contribution in [1.29, 1.82) is 0 Å². The molecule has 3 aliphatic rings. The van der Waals surface area contributed by atoms with Crippen molar-refractivity contribution in [1.82, 2.24) is 10.2 Å². The van der Waals surface area contributed by atoms with Gasteiger partial charge in [0.15, 0.2) is 0 Å². The van der Waals surface area contributed by atoms with E-state index < -0.39 is 29.4 Å². The first-order valence-corrected chi connectivity index (χ1v) is 12.0. The largest absolute Gasteiger partial charge is 0.481 e. The summed E-state index contributed by atoms with van der Waals surface area (Å²) in [6.45, 7) is 2.36. The number of fused-ring (bicyclic) bond motifs is 3. The lowest BCUT2D eigenvalue weighted by Gasteiger charge is -2.42. The number of benzene rings is 2. The fourth-order valence-electron chi connectivity index (χ4n) is 5.54. The highest BCUT2D eigenvalue weighted by atomic mass is 16.5. The third-order valence-corrected chi connectivity index (χ3v) is 7.91. The molecule has 0 spiro atoms. The molecule has 1 saturated heterocycles. The van der Waals surface area contributed by atoms with Crippen LogP contribution in [-0.4, -0.2) is 66.9 Å². The number of nitrogens with zero attached hydrogens (tertiary/aromatic N) is 1. The Morgan fingerprint density at radius 1 is 1.09 bits per heavy atom. The van der Waals surface area contributed by atoms with Crippen LogP contribution in [0.4, 0.5) is 4.79 Å². The number of aliphatic carboxylic acids is 1. The molecule has 0 aromatic heterocycles. The van der Waals surface area contributed by atoms with Crippen LogP contribution in [0, 0.1) is 11.3 Å². The van der Waals surface area contributed by atoms with Crippen molar-refractivity contribution in [2.75, 3.05) is 26.9 Å². The summed E-state index contributed by atoms with van der Waals surface area (Å²) in [5.41, 5.74) is 3.63. The molecular weight excluding hydrogens is 448 g/mol. The molecule has 2 fully saturated rings. The molecule has 0 bridgehead atoms. The Kier molecular flexibility index (Phi) is 6.01. The van der Waals surface area contributed by atoms with Crippen molar-refractivity contribution < 1.29 is 29.0 Å². The second-order valence-corrected chi connectivity index (χ2v) is 10.0. The van der Waals surface area contributed by atoms with E-state index in [4.69, 9.17) is 14.6 Å². The average molecular weight is 479 g/mol. The fourth-order valence-corrected chi connectivity index (χ4v) is 5.54. The summed E-state index contributed by atoms with van der Waals surface area (Å²) >= 11 is 0. The molecule has 2 unspecified atom stereocenters. The number of ether oxygens (including phenoxy) is 2. The number of hydrogen-bond acceptors (Lipinski definition) is 5. The van der Waals surface area contributed by atoms with Gasteiger partial charge in [-0.2, -0.15) is 0 Å². The van der Waals surface area contributed by atoms with Crippen molar-refractivity contribution in [3.8, 4) is 11.1 Å². The number of rotatable bonds is 6. The highest BCUT2D eigenvalue weighted by molar-refractivity contribution is 5.85. The summed E-state index contributed by atoms with van der Waals surface area (Å²) in [6, 6.07) is 15.6. The fraction of sp³-hybridized carbons (Fsp3) is 0.444. The van der Waals surface area contributed by atoms with E-state index in [0.717, 1.165) is 22.3 Å². The minimum Gasteiger partial charge on any atom is -0.481 e. The first-order valence-electron chi connectivity index (χ1n) is 12.0. The Morgan fingerprint density at radius 2 is 1.69 bits per heavy atom. The van der Waals surface area contributed by atoms with Crippen LogP contribution in [0.15, 0.2) is 48.5 Å². The lowest BCUT2D eigenvalue weighted by molar-refractivity contribution is -0.153. The Hall–Kier alpha value is -3.39. The first-order chi connectivity index (χ1) is 16.8. The van der Waals surface area contributed by atoms with Crippen LogP contribution in [0.1, 0.15) is 36.8 Å². The summed E-state index contributed by atoms with van der Waals surface area (Å²) in [5, 5.41) is 12.0. The highest BCUT2D eigenvalue weighted by Crippen LogP contribution is 2.44. The van der Waals surface area contributed by atoms with Gasteiger partial charge in [-0.25, -0.2) is 4.79 Å². The van der Waals surface area contributed by atoms with Crippen LogP contribution in [-0.2, 0) is 19.1 Å².